The van der Waals surface area contributed by atoms with E-state index in [-0.39, 0.29) is 12.5 Å². The second-order valence-corrected chi connectivity index (χ2v) is 3.82. The lowest BCUT2D eigenvalue weighted by molar-refractivity contribution is 0.0846. The van der Waals surface area contributed by atoms with Gasteiger partial charge >= 0.3 is 0 Å². The molecule has 0 aliphatic rings. The van der Waals surface area contributed by atoms with Crippen LogP contribution in [-0.4, -0.2) is 28.3 Å². The van der Waals surface area contributed by atoms with Crippen LogP contribution in [0.1, 0.15) is 36.4 Å². The Morgan fingerprint density at radius 2 is 2.40 bits per heavy atom. The lowest BCUT2D eigenvalue weighted by Gasteiger charge is -2.26. The third-order valence-electron chi connectivity index (χ3n) is 2.54. The fourth-order valence-electron chi connectivity index (χ4n) is 1.10. The third kappa shape index (κ3) is 2.56. The number of hydrogen-bond donors (Lipinski definition) is 2. The number of rotatable bonds is 4. The Morgan fingerprint density at radius 3 is 2.80 bits per heavy atom. The number of nitrogens with one attached hydrogen (secondary N) is 1. The fraction of sp³-hybridized carbons (Fsp3) is 0.600. The van der Waals surface area contributed by atoms with Crippen molar-refractivity contribution in [2.45, 2.75) is 32.7 Å². The molecule has 0 saturated heterocycles. The van der Waals surface area contributed by atoms with Gasteiger partial charge in [0.05, 0.1) is 18.3 Å². The number of hydrogen-bond acceptors (Lipinski definition) is 4. The number of carbonyl (C=O) groups excluding carboxylic acids is 1. The summed E-state index contributed by atoms with van der Waals surface area (Å²) in [6.45, 7) is 5.26. The van der Waals surface area contributed by atoms with E-state index in [0.29, 0.717) is 17.7 Å². The van der Waals surface area contributed by atoms with Gasteiger partial charge in [0.15, 0.2) is 0 Å². The highest BCUT2D eigenvalue weighted by Gasteiger charge is 2.25. The molecule has 0 radical (unpaired) electrons. The number of aliphatic hydroxyl groups excluding tert-OH is 1. The largest absolute Gasteiger partial charge is 0.394 e. The predicted molar refractivity (Wildman–Crippen MR) is 54.5 cm³/mol. The lowest BCUT2D eigenvalue weighted by Crippen LogP contribution is -2.48. The molecule has 5 nitrogen and oxygen atoms in total. The molecule has 0 aromatic carbocycles. The Bertz CT molecular complexity index is 342. The Hall–Kier alpha value is -1.36. The van der Waals surface area contributed by atoms with Gasteiger partial charge in [0, 0.05) is 0 Å². The zero-order valence-corrected chi connectivity index (χ0v) is 9.20. The molecule has 0 bridgehead atoms. The smallest absolute Gasteiger partial charge is 0.257 e. The molecule has 0 spiro atoms. The van der Waals surface area contributed by atoms with Crippen molar-refractivity contribution in [2.75, 3.05) is 6.61 Å². The summed E-state index contributed by atoms with van der Waals surface area (Å²) < 4.78 is 4.79. The molecule has 0 aliphatic carbocycles. The standard InChI is InChI=1S/C10H16N2O3/c1-4-10(3,6-13)12-9(14)8-5-11-15-7(8)2/h5,13H,4,6H2,1-3H3,(H,12,14). The number of aliphatic hydroxyl groups is 1. The number of amides is 1. The summed E-state index contributed by atoms with van der Waals surface area (Å²) in [4.78, 5) is 11.7. The van der Waals surface area contributed by atoms with E-state index in [1.807, 2.05) is 6.92 Å². The monoisotopic (exact) mass is 212 g/mol. The van der Waals surface area contributed by atoms with E-state index in [1.54, 1.807) is 13.8 Å². The van der Waals surface area contributed by atoms with Crippen molar-refractivity contribution in [1.82, 2.24) is 10.5 Å². The van der Waals surface area contributed by atoms with Gasteiger partial charge in [0.25, 0.3) is 5.91 Å². The molecule has 0 saturated carbocycles. The topological polar surface area (TPSA) is 75.4 Å². The molecule has 1 amide bonds. The van der Waals surface area contributed by atoms with Crippen molar-refractivity contribution >= 4 is 5.91 Å². The normalized spacial score (nSPS) is 14.7. The maximum absolute atomic E-state index is 11.7. The first-order valence-electron chi connectivity index (χ1n) is 4.87. The predicted octanol–water partition coefficient (Wildman–Crippen LogP) is 0.874. The minimum atomic E-state index is -0.596. The zero-order chi connectivity index (χ0) is 11.5. The number of aryl methyl sites for hydroxylation is 1. The molecule has 0 fully saturated rings. The van der Waals surface area contributed by atoms with Gasteiger partial charge in [-0.2, -0.15) is 0 Å². The zero-order valence-electron chi connectivity index (χ0n) is 9.20. The van der Waals surface area contributed by atoms with Gasteiger partial charge in [-0.3, -0.25) is 4.79 Å². The lowest BCUT2D eigenvalue weighted by atomic mass is 10.00. The highest BCUT2D eigenvalue weighted by Crippen LogP contribution is 2.11. The van der Waals surface area contributed by atoms with Crippen molar-refractivity contribution in [3.8, 4) is 0 Å². The van der Waals surface area contributed by atoms with Gasteiger partial charge < -0.3 is 14.9 Å². The second kappa shape index (κ2) is 4.44. The second-order valence-electron chi connectivity index (χ2n) is 3.82. The first kappa shape index (κ1) is 11.7. The van der Waals surface area contributed by atoms with Gasteiger partial charge in [-0.05, 0) is 20.3 Å². The van der Waals surface area contributed by atoms with Crippen LogP contribution in [0.15, 0.2) is 10.7 Å². The molecule has 5 heteroatoms. The molecular weight excluding hydrogens is 196 g/mol. The van der Waals surface area contributed by atoms with E-state index in [0.717, 1.165) is 0 Å². The van der Waals surface area contributed by atoms with Crippen molar-refractivity contribution in [3.05, 3.63) is 17.5 Å². The van der Waals surface area contributed by atoms with Crippen LogP contribution in [0.25, 0.3) is 0 Å². The van der Waals surface area contributed by atoms with Crippen LogP contribution in [0.5, 0.6) is 0 Å². The summed E-state index contributed by atoms with van der Waals surface area (Å²) in [7, 11) is 0. The summed E-state index contributed by atoms with van der Waals surface area (Å²) in [5.74, 6) is 0.205. The molecule has 1 heterocycles. The first-order chi connectivity index (χ1) is 7.02. The molecular formula is C10H16N2O3. The molecule has 1 unspecified atom stereocenters. The van der Waals surface area contributed by atoms with Crippen LogP contribution in [0, 0.1) is 6.92 Å². The Morgan fingerprint density at radius 1 is 1.73 bits per heavy atom. The van der Waals surface area contributed by atoms with Gasteiger partial charge in [0.1, 0.15) is 11.3 Å². The van der Waals surface area contributed by atoms with Crippen molar-refractivity contribution < 1.29 is 14.4 Å². The van der Waals surface area contributed by atoms with Crippen LogP contribution in [-0.2, 0) is 0 Å². The van der Waals surface area contributed by atoms with Gasteiger partial charge in [-0.1, -0.05) is 12.1 Å². The molecule has 0 aliphatic heterocycles. The average Bonchev–Trinajstić information content (AvgIpc) is 2.64. The van der Waals surface area contributed by atoms with Crippen LogP contribution in [0.3, 0.4) is 0 Å². The fourth-order valence-corrected chi connectivity index (χ4v) is 1.10. The SMILES string of the molecule is CCC(C)(CO)NC(=O)c1cnoc1C. The Labute approximate surface area is 88.5 Å². The molecule has 2 N–H and O–H groups in total. The molecule has 1 aromatic rings. The van der Waals surface area contributed by atoms with Gasteiger partial charge in [0.2, 0.25) is 0 Å². The van der Waals surface area contributed by atoms with Crippen molar-refractivity contribution in [2.24, 2.45) is 0 Å². The van der Waals surface area contributed by atoms with Gasteiger partial charge in [-0.25, -0.2) is 0 Å². The minimum absolute atomic E-state index is 0.0977. The number of nitrogens with zero attached hydrogens (tertiary/aromatic N) is 1. The molecule has 1 rings (SSSR count). The van der Waals surface area contributed by atoms with Crippen LogP contribution in [0.2, 0.25) is 0 Å². The minimum Gasteiger partial charge on any atom is -0.394 e. The van der Waals surface area contributed by atoms with Crippen molar-refractivity contribution in [3.63, 3.8) is 0 Å². The maximum atomic E-state index is 11.7. The van der Waals surface area contributed by atoms with E-state index in [2.05, 4.69) is 10.5 Å². The summed E-state index contributed by atoms with van der Waals surface area (Å²) in [6, 6.07) is 0. The molecule has 15 heavy (non-hydrogen) atoms. The van der Waals surface area contributed by atoms with Gasteiger partial charge in [-0.15, -0.1) is 0 Å². The van der Waals surface area contributed by atoms with E-state index >= 15 is 0 Å². The highest BCUT2D eigenvalue weighted by atomic mass is 16.5. The third-order valence-corrected chi connectivity index (χ3v) is 2.54. The average molecular weight is 212 g/mol. The van der Waals surface area contributed by atoms with E-state index in [9.17, 15) is 4.79 Å². The molecule has 84 valence electrons. The highest BCUT2D eigenvalue weighted by molar-refractivity contribution is 5.95. The van der Waals surface area contributed by atoms with Crippen LogP contribution >= 0.6 is 0 Å². The summed E-state index contributed by atoms with van der Waals surface area (Å²) in [6.07, 6.45) is 2.03. The maximum Gasteiger partial charge on any atom is 0.257 e. The van der Waals surface area contributed by atoms with Crippen molar-refractivity contribution in [1.29, 1.82) is 0 Å². The van der Waals surface area contributed by atoms with E-state index in [1.165, 1.54) is 6.20 Å². The molecule has 1 atom stereocenters. The van der Waals surface area contributed by atoms with E-state index in [4.69, 9.17) is 9.63 Å². The Kier molecular flexibility index (Phi) is 3.47. The summed E-state index contributed by atoms with van der Waals surface area (Å²) in [5, 5.41) is 15.4. The molecule has 1 aromatic heterocycles. The summed E-state index contributed by atoms with van der Waals surface area (Å²) >= 11 is 0. The number of carbonyl (C=O) groups is 1. The Balaban J connectivity index is 2.76. The first-order valence-corrected chi connectivity index (χ1v) is 4.87. The summed E-state index contributed by atoms with van der Waals surface area (Å²) in [5.41, 5.74) is -0.191. The number of aromatic nitrogens is 1. The quantitative estimate of drug-likeness (QED) is 0.776. The van der Waals surface area contributed by atoms with Crippen LogP contribution < -0.4 is 5.32 Å². The van der Waals surface area contributed by atoms with Crippen LogP contribution in [0.4, 0.5) is 0 Å². The van der Waals surface area contributed by atoms with E-state index < -0.39 is 5.54 Å².